The van der Waals surface area contributed by atoms with E-state index < -0.39 is 5.97 Å². The number of unbranched alkanes of at least 4 members (excludes halogenated alkanes) is 3. The predicted octanol–water partition coefficient (Wildman–Crippen LogP) is 1.52. The summed E-state index contributed by atoms with van der Waals surface area (Å²) in [5.74, 6) is -1.09. The number of hydroxylamine groups is 1. The van der Waals surface area contributed by atoms with Crippen molar-refractivity contribution in [3.05, 3.63) is 0 Å². The number of hydrogen-bond donors (Lipinski definition) is 2. The zero-order valence-corrected chi connectivity index (χ0v) is 9.83. The highest BCUT2D eigenvalue weighted by molar-refractivity contribution is 5.83. The van der Waals surface area contributed by atoms with E-state index in [0.717, 1.165) is 12.8 Å². The molecule has 2 N–H and O–H groups in total. The van der Waals surface area contributed by atoms with Crippen molar-refractivity contribution < 1.29 is 19.5 Å². The van der Waals surface area contributed by atoms with Gasteiger partial charge in [-0.15, -0.1) is 0 Å². The number of Topliss-reactive ketones (excluding diaryl/α,β-unsaturated/α-hetero) is 1. The maximum atomic E-state index is 11.1. The van der Waals surface area contributed by atoms with E-state index in [-0.39, 0.29) is 25.2 Å². The zero-order chi connectivity index (χ0) is 12.2. The standard InChI is InChI=1S/C11H21NO4/c1-2-3-4-5-8-16-12-9-10(13)6-7-11(14)15/h12H,2-9H2,1H3,(H,14,15). The Kier molecular flexibility index (Phi) is 9.95. The van der Waals surface area contributed by atoms with Crippen LogP contribution in [0.3, 0.4) is 0 Å². The van der Waals surface area contributed by atoms with E-state index in [1.807, 2.05) is 0 Å². The Morgan fingerprint density at radius 2 is 1.94 bits per heavy atom. The zero-order valence-electron chi connectivity index (χ0n) is 9.83. The number of carbonyl (C=O) groups excluding carboxylic acids is 1. The number of ketones is 1. The summed E-state index contributed by atoms with van der Waals surface area (Å²) < 4.78 is 0. The molecule has 0 aliphatic carbocycles. The third-order valence-corrected chi connectivity index (χ3v) is 2.09. The molecule has 94 valence electrons. The number of aliphatic carboxylic acids is 1. The Hall–Kier alpha value is -0.940. The van der Waals surface area contributed by atoms with Crippen LogP contribution in [0.15, 0.2) is 0 Å². The summed E-state index contributed by atoms with van der Waals surface area (Å²) in [6.07, 6.45) is 4.43. The second-order valence-electron chi connectivity index (χ2n) is 3.66. The fourth-order valence-corrected chi connectivity index (χ4v) is 1.14. The first-order chi connectivity index (χ1) is 7.66. The SMILES string of the molecule is CCCCCCONCC(=O)CCC(=O)O. The lowest BCUT2D eigenvalue weighted by atomic mass is 10.2. The lowest BCUT2D eigenvalue weighted by Gasteiger charge is -2.04. The third-order valence-electron chi connectivity index (χ3n) is 2.09. The van der Waals surface area contributed by atoms with Gasteiger partial charge in [0.1, 0.15) is 5.78 Å². The normalized spacial score (nSPS) is 10.3. The van der Waals surface area contributed by atoms with Crippen LogP contribution < -0.4 is 5.48 Å². The fraction of sp³-hybridized carbons (Fsp3) is 0.818. The van der Waals surface area contributed by atoms with E-state index >= 15 is 0 Å². The molecule has 0 amide bonds. The number of carbonyl (C=O) groups is 2. The van der Waals surface area contributed by atoms with E-state index in [0.29, 0.717) is 6.61 Å². The minimum absolute atomic E-state index is 0.0571. The van der Waals surface area contributed by atoms with Crippen molar-refractivity contribution in [2.75, 3.05) is 13.2 Å². The Balaban J connectivity index is 3.18. The van der Waals surface area contributed by atoms with Crippen molar-refractivity contribution in [3.63, 3.8) is 0 Å². The lowest BCUT2D eigenvalue weighted by molar-refractivity contribution is -0.138. The lowest BCUT2D eigenvalue weighted by Crippen LogP contribution is -2.24. The van der Waals surface area contributed by atoms with E-state index in [2.05, 4.69) is 12.4 Å². The number of carboxylic acid groups (broad SMARTS) is 1. The molecule has 0 aliphatic heterocycles. The molecule has 0 aromatic rings. The van der Waals surface area contributed by atoms with Gasteiger partial charge in [0, 0.05) is 6.42 Å². The van der Waals surface area contributed by atoms with Crippen LogP contribution in [0, 0.1) is 0 Å². The predicted molar refractivity (Wildman–Crippen MR) is 60.0 cm³/mol. The molecule has 0 aromatic carbocycles. The largest absolute Gasteiger partial charge is 0.481 e. The second kappa shape index (κ2) is 10.6. The van der Waals surface area contributed by atoms with Crippen LogP contribution in [-0.4, -0.2) is 30.0 Å². The van der Waals surface area contributed by atoms with Crippen molar-refractivity contribution in [3.8, 4) is 0 Å². The topological polar surface area (TPSA) is 75.6 Å². The van der Waals surface area contributed by atoms with Gasteiger partial charge in [-0.3, -0.25) is 9.59 Å². The Morgan fingerprint density at radius 3 is 2.56 bits per heavy atom. The highest BCUT2D eigenvalue weighted by atomic mass is 16.6. The molecule has 0 atom stereocenters. The van der Waals surface area contributed by atoms with E-state index in [1.54, 1.807) is 0 Å². The van der Waals surface area contributed by atoms with Gasteiger partial charge in [-0.1, -0.05) is 26.2 Å². The van der Waals surface area contributed by atoms with Gasteiger partial charge in [-0.25, -0.2) is 0 Å². The summed E-state index contributed by atoms with van der Waals surface area (Å²) in [4.78, 5) is 26.3. The van der Waals surface area contributed by atoms with Crippen LogP contribution in [0.2, 0.25) is 0 Å². The van der Waals surface area contributed by atoms with Crippen LogP contribution in [0.4, 0.5) is 0 Å². The number of carboxylic acids is 1. The van der Waals surface area contributed by atoms with Crippen molar-refractivity contribution >= 4 is 11.8 Å². The molecule has 0 saturated heterocycles. The monoisotopic (exact) mass is 231 g/mol. The van der Waals surface area contributed by atoms with E-state index in [1.165, 1.54) is 12.8 Å². The summed E-state index contributed by atoms with van der Waals surface area (Å²) in [6.45, 7) is 2.81. The first-order valence-corrected chi connectivity index (χ1v) is 5.75. The molecular weight excluding hydrogens is 210 g/mol. The number of hydrogen-bond acceptors (Lipinski definition) is 4. The molecule has 0 unspecified atom stereocenters. The average molecular weight is 231 g/mol. The molecule has 0 aromatic heterocycles. The summed E-state index contributed by atoms with van der Waals surface area (Å²) >= 11 is 0. The van der Waals surface area contributed by atoms with Crippen molar-refractivity contribution in [1.82, 2.24) is 5.48 Å². The fourth-order valence-electron chi connectivity index (χ4n) is 1.14. The number of rotatable bonds is 11. The summed E-state index contributed by atoms with van der Waals surface area (Å²) in [7, 11) is 0. The van der Waals surface area contributed by atoms with Gasteiger partial charge in [0.05, 0.1) is 19.6 Å². The van der Waals surface area contributed by atoms with Crippen LogP contribution in [-0.2, 0) is 14.4 Å². The van der Waals surface area contributed by atoms with Gasteiger partial charge < -0.3 is 9.94 Å². The van der Waals surface area contributed by atoms with Crippen LogP contribution in [0.1, 0.15) is 45.4 Å². The van der Waals surface area contributed by atoms with E-state index in [4.69, 9.17) is 9.94 Å². The van der Waals surface area contributed by atoms with Crippen LogP contribution >= 0.6 is 0 Å². The number of nitrogens with one attached hydrogen (secondary N) is 1. The minimum atomic E-state index is -0.950. The molecule has 5 heteroatoms. The molecule has 0 bridgehead atoms. The average Bonchev–Trinajstić information content (AvgIpc) is 2.25. The molecule has 16 heavy (non-hydrogen) atoms. The van der Waals surface area contributed by atoms with E-state index in [9.17, 15) is 9.59 Å². The molecule has 0 saturated carbocycles. The van der Waals surface area contributed by atoms with Crippen molar-refractivity contribution in [2.24, 2.45) is 0 Å². The van der Waals surface area contributed by atoms with Gasteiger partial charge in [0.25, 0.3) is 0 Å². The third kappa shape index (κ3) is 11.1. The minimum Gasteiger partial charge on any atom is -0.481 e. The van der Waals surface area contributed by atoms with Gasteiger partial charge in [-0.05, 0) is 6.42 Å². The molecular formula is C11H21NO4. The quantitative estimate of drug-likeness (QED) is 0.416. The van der Waals surface area contributed by atoms with Crippen molar-refractivity contribution in [1.29, 1.82) is 0 Å². The molecule has 0 rings (SSSR count). The van der Waals surface area contributed by atoms with Crippen molar-refractivity contribution in [2.45, 2.75) is 45.4 Å². The van der Waals surface area contributed by atoms with Crippen LogP contribution in [0.25, 0.3) is 0 Å². The molecule has 0 heterocycles. The Labute approximate surface area is 96.1 Å². The smallest absolute Gasteiger partial charge is 0.303 e. The Bertz CT molecular complexity index is 206. The maximum absolute atomic E-state index is 11.1. The van der Waals surface area contributed by atoms with Crippen LogP contribution in [0.5, 0.6) is 0 Å². The summed E-state index contributed by atoms with van der Waals surface area (Å²) in [5, 5.41) is 8.35. The molecule has 0 aliphatic rings. The van der Waals surface area contributed by atoms with Gasteiger partial charge >= 0.3 is 5.97 Å². The summed E-state index contributed by atoms with van der Waals surface area (Å²) in [6, 6.07) is 0. The van der Waals surface area contributed by atoms with Gasteiger partial charge in [0.2, 0.25) is 0 Å². The molecule has 0 spiro atoms. The summed E-state index contributed by atoms with van der Waals surface area (Å²) in [5.41, 5.74) is 2.54. The first-order valence-electron chi connectivity index (χ1n) is 5.75. The van der Waals surface area contributed by atoms with Gasteiger partial charge in [0.15, 0.2) is 0 Å². The maximum Gasteiger partial charge on any atom is 0.303 e. The molecule has 0 fully saturated rings. The molecule has 5 nitrogen and oxygen atoms in total. The highest BCUT2D eigenvalue weighted by Crippen LogP contribution is 1.98. The van der Waals surface area contributed by atoms with Gasteiger partial charge in [-0.2, -0.15) is 5.48 Å². The Morgan fingerprint density at radius 1 is 1.19 bits per heavy atom. The molecule has 0 radical (unpaired) electrons. The highest BCUT2D eigenvalue weighted by Gasteiger charge is 2.04. The first kappa shape index (κ1) is 15.1. The second-order valence-corrected chi connectivity index (χ2v) is 3.66.